The van der Waals surface area contributed by atoms with Gasteiger partial charge in [-0.15, -0.1) is 0 Å². The van der Waals surface area contributed by atoms with Gasteiger partial charge in [0.05, 0.1) is 11.8 Å². The van der Waals surface area contributed by atoms with E-state index in [1.54, 1.807) is 12.1 Å². The molecule has 2 heterocycles. The molecule has 0 amide bonds. The van der Waals surface area contributed by atoms with Crippen molar-refractivity contribution in [2.24, 2.45) is 5.84 Å². The fraction of sp³-hybridized carbons (Fsp3) is 0.583. The van der Waals surface area contributed by atoms with E-state index in [4.69, 9.17) is 10.6 Å². The van der Waals surface area contributed by atoms with Crippen LogP contribution in [-0.2, 0) is 14.8 Å². The molecule has 0 radical (unpaired) electrons. The van der Waals surface area contributed by atoms with Gasteiger partial charge < -0.3 is 10.2 Å². The molecule has 1 aromatic heterocycles. The molecule has 1 aliphatic rings. The maximum atomic E-state index is 12.6. The zero-order valence-corrected chi connectivity index (χ0v) is 12.3. The molecule has 1 saturated heterocycles. The van der Waals surface area contributed by atoms with E-state index in [1.807, 2.05) is 6.92 Å². The van der Waals surface area contributed by atoms with Gasteiger partial charge in [-0.3, -0.25) is 5.84 Å². The van der Waals surface area contributed by atoms with Crippen molar-refractivity contribution in [3.8, 4) is 0 Å². The number of ether oxygens (including phenoxy) is 1. The van der Waals surface area contributed by atoms with Crippen LogP contribution in [0.4, 0.5) is 5.69 Å². The summed E-state index contributed by atoms with van der Waals surface area (Å²) in [5.74, 6) is 5.35. The minimum Gasteiger partial charge on any atom is -0.377 e. The van der Waals surface area contributed by atoms with Crippen molar-refractivity contribution in [3.05, 3.63) is 18.3 Å². The van der Waals surface area contributed by atoms with Crippen LogP contribution >= 0.6 is 0 Å². The van der Waals surface area contributed by atoms with Crippen molar-refractivity contribution >= 4 is 15.7 Å². The number of aromatic nitrogens is 1. The molecule has 1 atom stereocenters. The molecule has 0 aromatic carbocycles. The quantitative estimate of drug-likeness (QED) is 0.609. The van der Waals surface area contributed by atoms with Crippen LogP contribution in [0.1, 0.15) is 19.8 Å². The standard InChI is InChI=1S/C12H20N4O3S/c1-2-19-10-5-4-8-16(9-10)20(17,18)12-11(15-13)6-3-7-14-12/h3,6-7,10,15H,2,4-5,8-9,13H2,1H3. The number of hydrogen-bond acceptors (Lipinski definition) is 6. The van der Waals surface area contributed by atoms with E-state index in [2.05, 4.69) is 10.4 Å². The van der Waals surface area contributed by atoms with Gasteiger partial charge >= 0.3 is 0 Å². The second kappa shape index (κ2) is 6.49. The third kappa shape index (κ3) is 3.09. The lowest BCUT2D eigenvalue weighted by molar-refractivity contribution is 0.0264. The molecular weight excluding hydrogens is 280 g/mol. The van der Waals surface area contributed by atoms with Crippen molar-refractivity contribution in [2.75, 3.05) is 25.1 Å². The number of hydrogen-bond donors (Lipinski definition) is 2. The predicted molar refractivity (Wildman–Crippen MR) is 75.5 cm³/mol. The van der Waals surface area contributed by atoms with Crippen molar-refractivity contribution in [1.82, 2.24) is 9.29 Å². The van der Waals surface area contributed by atoms with Gasteiger partial charge in [-0.05, 0) is 31.9 Å². The highest BCUT2D eigenvalue weighted by Crippen LogP contribution is 2.25. The third-order valence-electron chi connectivity index (χ3n) is 3.25. The molecule has 112 valence electrons. The summed E-state index contributed by atoms with van der Waals surface area (Å²) in [6.07, 6.45) is 3.05. The highest BCUT2D eigenvalue weighted by atomic mass is 32.2. The van der Waals surface area contributed by atoms with E-state index in [9.17, 15) is 8.42 Å². The van der Waals surface area contributed by atoms with Crippen molar-refractivity contribution < 1.29 is 13.2 Å². The summed E-state index contributed by atoms with van der Waals surface area (Å²) in [7, 11) is -3.66. The number of nitrogens with two attached hydrogens (primary N) is 1. The van der Waals surface area contributed by atoms with Crippen LogP contribution in [-0.4, -0.2) is 43.5 Å². The highest BCUT2D eigenvalue weighted by molar-refractivity contribution is 7.89. The molecule has 1 unspecified atom stereocenters. The van der Waals surface area contributed by atoms with Crippen LogP contribution in [0, 0.1) is 0 Å². The molecule has 0 saturated carbocycles. The van der Waals surface area contributed by atoms with E-state index < -0.39 is 10.0 Å². The van der Waals surface area contributed by atoms with Gasteiger partial charge in [0.1, 0.15) is 0 Å². The summed E-state index contributed by atoms with van der Waals surface area (Å²) in [5.41, 5.74) is 2.67. The fourth-order valence-electron chi connectivity index (χ4n) is 2.32. The molecule has 1 aliphatic heterocycles. The van der Waals surface area contributed by atoms with Crippen molar-refractivity contribution in [3.63, 3.8) is 0 Å². The maximum absolute atomic E-state index is 12.6. The monoisotopic (exact) mass is 300 g/mol. The molecule has 20 heavy (non-hydrogen) atoms. The first-order valence-electron chi connectivity index (χ1n) is 6.63. The van der Waals surface area contributed by atoms with Crippen LogP contribution in [0.15, 0.2) is 23.4 Å². The largest absolute Gasteiger partial charge is 0.377 e. The van der Waals surface area contributed by atoms with E-state index in [0.29, 0.717) is 25.4 Å². The predicted octanol–water partition coefficient (Wildman–Crippen LogP) is 0.557. The molecule has 3 N–H and O–H groups in total. The molecule has 1 aromatic rings. The smallest absolute Gasteiger partial charge is 0.262 e. The van der Waals surface area contributed by atoms with Gasteiger partial charge in [0.2, 0.25) is 0 Å². The van der Waals surface area contributed by atoms with Gasteiger partial charge in [-0.2, -0.15) is 4.31 Å². The number of rotatable bonds is 5. The normalized spacial score (nSPS) is 20.8. The van der Waals surface area contributed by atoms with Crippen molar-refractivity contribution in [1.29, 1.82) is 0 Å². The molecule has 7 nitrogen and oxygen atoms in total. The first kappa shape index (κ1) is 15.2. The molecule has 8 heteroatoms. The van der Waals surface area contributed by atoms with Crippen LogP contribution in [0.3, 0.4) is 0 Å². The Hall–Kier alpha value is -1.22. The second-order valence-electron chi connectivity index (χ2n) is 4.58. The SMILES string of the molecule is CCOC1CCCN(S(=O)(=O)c2ncccc2NN)C1. The van der Waals surface area contributed by atoms with Gasteiger partial charge in [0.25, 0.3) is 10.0 Å². The average molecular weight is 300 g/mol. The fourth-order valence-corrected chi connectivity index (χ4v) is 3.90. The lowest BCUT2D eigenvalue weighted by atomic mass is 10.1. The van der Waals surface area contributed by atoms with Gasteiger partial charge in [0.15, 0.2) is 5.03 Å². The Kier molecular flexibility index (Phi) is 4.92. The Bertz CT molecular complexity index is 547. The highest BCUT2D eigenvalue weighted by Gasteiger charge is 2.32. The molecular formula is C12H20N4O3S. The summed E-state index contributed by atoms with van der Waals surface area (Å²) in [4.78, 5) is 3.95. The first-order chi connectivity index (χ1) is 9.59. The van der Waals surface area contributed by atoms with E-state index in [-0.39, 0.29) is 11.1 Å². The minimum absolute atomic E-state index is 0.0420. The molecule has 2 rings (SSSR count). The lowest BCUT2D eigenvalue weighted by Gasteiger charge is -2.31. The van der Waals surface area contributed by atoms with Gasteiger partial charge in [-0.1, -0.05) is 0 Å². The molecule has 0 aliphatic carbocycles. The topological polar surface area (TPSA) is 97.5 Å². The number of nitrogens with zero attached hydrogens (tertiary/aromatic N) is 2. The van der Waals surface area contributed by atoms with Gasteiger partial charge in [0, 0.05) is 25.9 Å². The van der Waals surface area contributed by atoms with Gasteiger partial charge in [-0.25, -0.2) is 13.4 Å². The Morgan fingerprint density at radius 2 is 2.40 bits per heavy atom. The van der Waals surface area contributed by atoms with E-state index >= 15 is 0 Å². The number of nitrogen functional groups attached to an aromatic ring is 1. The number of hydrazine groups is 1. The summed E-state index contributed by atoms with van der Waals surface area (Å²) in [6.45, 7) is 3.32. The van der Waals surface area contributed by atoms with Crippen LogP contribution in [0.2, 0.25) is 0 Å². The Balaban J connectivity index is 2.25. The summed E-state index contributed by atoms with van der Waals surface area (Å²) in [6, 6.07) is 3.22. The van der Waals surface area contributed by atoms with Crippen LogP contribution in [0.5, 0.6) is 0 Å². The zero-order chi connectivity index (χ0) is 14.6. The number of piperidine rings is 1. The zero-order valence-electron chi connectivity index (χ0n) is 11.4. The number of anilines is 1. The summed E-state index contributed by atoms with van der Waals surface area (Å²) < 4.78 is 32.2. The van der Waals surface area contributed by atoms with Crippen LogP contribution < -0.4 is 11.3 Å². The average Bonchev–Trinajstić information content (AvgIpc) is 2.48. The van der Waals surface area contributed by atoms with E-state index in [0.717, 1.165) is 12.8 Å². The first-order valence-corrected chi connectivity index (χ1v) is 8.07. The molecule has 0 spiro atoms. The summed E-state index contributed by atoms with van der Waals surface area (Å²) >= 11 is 0. The number of pyridine rings is 1. The third-order valence-corrected chi connectivity index (χ3v) is 5.08. The second-order valence-corrected chi connectivity index (χ2v) is 6.44. The number of sulfonamides is 1. The molecule has 1 fully saturated rings. The Labute approximate surface area is 119 Å². The Morgan fingerprint density at radius 3 is 3.10 bits per heavy atom. The Morgan fingerprint density at radius 1 is 1.60 bits per heavy atom. The lowest BCUT2D eigenvalue weighted by Crippen LogP contribution is -2.43. The molecule has 0 bridgehead atoms. The minimum atomic E-state index is -3.66. The summed E-state index contributed by atoms with van der Waals surface area (Å²) in [5, 5.41) is -0.0420. The van der Waals surface area contributed by atoms with E-state index in [1.165, 1.54) is 10.5 Å². The van der Waals surface area contributed by atoms with Crippen LogP contribution in [0.25, 0.3) is 0 Å². The maximum Gasteiger partial charge on any atom is 0.262 e. The number of nitrogens with one attached hydrogen (secondary N) is 1. The van der Waals surface area contributed by atoms with Crippen molar-refractivity contribution in [2.45, 2.75) is 30.9 Å².